The van der Waals surface area contributed by atoms with Gasteiger partial charge in [-0.3, -0.25) is 14.6 Å². The molecule has 1 saturated heterocycles. The molecular formula is C22H24N6O2. The summed E-state index contributed by atoms with van der Waals surface area (Å²) in [5, 5.41) is 0. The molecular weight excluding hydrogens is 380 g/mol. The third-order valence-corrected chi connectivity index (χ3v) is 5.51. The predicted molar refractivity (Wildman–Crippen MR) is 114 cm³/mol. The standard InChI is InChI=1S/C22H24N6O2/c1-14-9-17(18-11-24-22(23)25-12-18)10-19(26-14)15-5-7-28(8-6-15)21(30)16-3-4-20(29)27(2)13-16/h3-4,9-13,15H,5-8H2,1-2H3,(H2,23,24,25). The number of aromatic nitrogens is 4. The molecule has 4 rings (SSSR count). The molecule has 1 aliphatic heterocycles. The number of nitrogens with zero attached hydrogens (tertiary/aromatic N) is 5. The molecule has 154 valence electrons. The number of amides is 1. The Morgan fingerprint density at radius 2 is 1.80 bits per heavy atom. The molecule has 0 aromatic carbocycles. The van der Waals surface area contributed by atoms with Gasteiger partial charge in [-0.1, -0.05) is 0 Å². The van der Waals surface area contributed by atoms with E-state index in [2.05, 4.69) is 16.0 Å². The largest absolute Gasteiger partial charge is 0.368 e. The molecule has 0 bridgehead atoms. The number of hydrogen-bond acceptors (Lipinski definition) is 6. The summed E-state index contributed by atoms with van der Waals surface area (Å²) in [6.45, 7) is 3.29. The first-order valence-electron chi connectivity index (χ1n) is 9.93. The Hall–Kier alpha value is -3.55. The highest BCUT2D eigenvalue weighted by Crippen LogP contribution is 2.30. The Morgan fingerprint density at radius 3 is 2.47 bits per heavy atom. The van der Waals surface area contributed by atoms with Gasteiger partial charge < -0.3 is 15.2 Å². The average molecular weight is 404 g/mol. The van der Waals surface area contributed by atoms with Gasteiger partial charge in [0.1, 0.15) is 0 Å². The quantitative estimate of drug-likeness (QED) is 0.717. The Morgan fingerprint density at radius 1 is 1.10 bits per heavy atom. The van der Waals surface area contributed by atoms with Crippen LogP contribution in [0.25, 0.3) is 11.1 Å². The maximum absolute atomic E-state index is 12.8. The zero-order valence-corrected chi connectivity index (χ0v) is 17.1. The van der Waals surface area contributed by atoms with E-state index < -0.39 is 0 Å². The molecule has 30 heavy (non-hydrogen) atoms. The highest BCUT2D eigenvalue weighted by Gasteiger charge is 2.26. The van der Waals surface area contributed by atoms with Crippen LogP contribution in [0.15, 0.2) is 47.7 Å². The Balaban J connectivity index is 1.48. The van der Waals surface area contributed by atoms with Crippen LogP contribution in [-0.4, -0.2) is 43.4 Å². The summed E-state index contributed by atoms with van der Waals surface area (Å²) >= 11 is 0. The molecule has 1 fully saturated rings. The van der Waals surface area contributed by atoms with Crippen LogP contribution < -0.4 is 11.3 Å². The van der Waals surface area contributed by atoms with Crippen molar-refractivity contribution in [2.45, 2.75) is 25.7 Å². The fourth-order valence-corrected chi connectivity index (χ4v) is 3.84. The van der Waals surface area contributed by atoms with Crippen LogP contribution >= 0.6 is 0 Å². The van der Waals surface area contributed by atoms with E-state index in [1.165, 1.54) is 10.6 Å². The van der Waals surface area contributed by atoms with Crippen LogP contribution in [0, 0.1) is 6.92 Å². The van der Waals surface area contributed by atoms with Crippen molar-refractivity contribution in [3.63, 3.8) is 0 Å². The van der Waals surface area contributed by atoms with Crippen molar-refractivity contribution in [3.05, 3.63) is 70.2 Å². The van der Waals surface area contributed by atoms with Gasteiger partial charge in [0, 0.05) is 67.7 Å². The van der Waals surface area contributed by atoms with E-state index in [9.17, 15) is 9.59 Å². The number of carbonyl (C=O) groups excluding carboxylic acids is 1. The highest BCUT2D eigenvalue weighted by atomic mass is 16.2. The molecule has 8 nitrogen and oxygen atoms in total. The van der Waals surface area contributed by atoms with Crippen LogP contribution in [0.5, 0.6) is 0 Å². The van der Waals surface area contributed by atoms with Crippen LogP contribution in [0.4, 0.5) is 5.95 Å². The van der Waals surface area contributed by atoms with E-state index in [0.29, 0.717) is 18.7 Å². The summed E-state index contributed by atoms with van der Waals surface area (Å²) < 4.78 is 1.43. The molecule has 3 aromatic rings. The second-order valence-corrected chi connectivity index (χ2v) is 7.69. The van der Waals surface area contributed by atoms with Crippen molar-refractivity contribution >= 4 is 11.9 Å². The SMILES string of the molecule is Cc1cc(-c2cnc(N)nc2)cc(C2CCN(C(=O)c3ccc(=O)n(C)c3)CC2)n1. The Kier molecular flexibility index (Phi) is 5.31. The molecule has 2 N–H and O–H groups in total. The number of anilines is 1. The number of nitrogens with two attached hydrogens (primary N) is 1. The number of rotatable bonds is 3. The van der Waals surface area contributed by atoms with Gasteiger partial charge in [0.25, 0.3) is 5.91 Å². The normalized spacial score (nSPS) is 14.7. The fraction of sp³-hybridized carbons (Fsp3) is 0.318. The van der Waals surface area contributed by atoms with Crippen LogP contribution in [0.3, 0.4) is 0 Å². The minimum Gasteiger partial charge on any atom is -0.368 e. The molecule has 0 spiro atoms. The van der Waals surface area contributed by atoms with Gasteiger partial charge >= 0.3 is 0 Å². The molecule has 3 aromatic heterocycles. The molecule has 1 amide bonds. The van der Waals surface area contributed by atoms with Crippen LogP contribution in [-0.2, 0) is 7.05 Å². The zero-order valence-electron chi connectivity index (χ0n) is 17.1. The Labute approximate surface area is 174 Å². The van der Waals surface area contributed by atoms with Gasteiger partial charge in [-0.25, -0.2) is 9.97 Å². The maximum Gasteiger partial charge on any atom is 0.255 e. The predicted octanol–water partition coefficient (Wildman–Crippen LogP) is 2.15. The highest BCUT2D eigenvalue weighted by molar-refractivity contribution is 5.94. The number of nitrogen functional groups attached to an aromatic ring is 1. The first-order chi connectivity index (χ1) is 14.4. The van der Waals surface area contributed by atoms with E-state index in [1.807, 2.05) is 17.9 Å². The Bertz CT molecular complexity index is 1130. The van der Waals surface area contributed by atoms with E-state index in [1.54, 1.807) is 31.7 Å². The van der Waals surface area contributed by atoms with Crippen molar-refractivity contribution in [1.29, 1.82) is 0 Å². The van der Waals surface area contributed by atoms with Crippen molar-refractivity contribution < 1.29 is 4.79 Å². The third kappa shape index (κ3) is 4.07. The monoisotopic (exact) mass is 404 g/mol. The number of aryl methyl sites for hydroxylation is 2. The van der Waals surface area contributed by atoms with E-state index in [-0.39, 0.29) is 23.3 Å². The fourth-order valence-electron chi connectivity index (χ4n) is 3.84. The summed E-state index contributed by atoms with van der Waals surface area (Å²) in [6.07, 6.45) is 6.71. The van der Waals surface area contributed by atoms with E-state index in [0.717, 1.165) is 35.4 Å². The van der Waals surface area contributed by atoms with Crippen molar-refractivity contribution in [1.82, 2.24) is 24.4 Å². The van der Waals surface area contributed by atoms with E-state index >= 15 is 0 Å². The average Bonchev–Trinajstić information content (AvgIpc) is 2.75. The second-order valence-electron chi connectivity index (χ2n) is 7.69. The molecule has 0 radical (unpaired) electrons. The smallest absolute Gasteiger partial charge is 0.255 e. The van der Waals surface area contributed by atoms with Gasteiger partial charge in [-0.05, 0) is 43.5 Å². The topological polar surface area (TPSA) is 107 Å². The number of carbonyl (C=O) groups is 1. The number of pyridine rings is 2. The van der Waals surface area contributed by atoms with Gasteiger partial charge in [0.2, 0.25) is 11.5 Å². The summed E-state index contributed by atoms with van der Waals surface area (Å²) in [6, 6.07) is 7.12. The number of piperidine rings is 1. The molecule has 0 aliphatic carbocycles. The van der Waals surface area contributed by atoms with Crippen LogP contribution in [0.2, 0.25) is 0 Å². The summed E-state index contributed by atoms with van der Waals surface area (Å²) in [7, 11) is 1.65. The lowest BCUT2D eigenvalue weighted by Crippen LogP contribution is -2.38. The minimum absolute atomic E-state index is 0.0408. The van der Waals surface area contributed by atoms with Gasteiger partial charge in [0.05, 0.1) is 5.56 Å². The molecule has 0 unspecified atom stereocenters. The number of likely N-dealkylation sites (tertiary alicyclic amines) is 1. The number of hydrogen-bond donors (Lipinski definition) is 1. The van der Waals surface area contributed by atoms with Crippen molar-refractivity contribution in [2.75, 3.05) is 18.8 Å². The van der Waals surface area contributed by atoms with Crippen LogP contribution in [0.1, 0.15) is 40.5 Å². The lowest BCUT2D eigenvalue weighted by molar-refractivity contribution is 0.0711. The van der Waals surface area contributed by atoms with Gasteiger partial charge in [0.15, 0.2) is 0 Å². The van der Waals surface area contributed by atoms with E-state index in [4.69, 9.17) is 10.7 Å². The van der Waals surface area contributed by atoms with Gasteiger partial charge in [-0.15, -0.1) is 0 Å². The second kappa shape index (κ2) is 8.06. The van der Waals surface area contributed by atoms with Gasteiger partial charge in [-0.2, -0.15) is 0 Å². The summed E-state index contributed by atoms with van der Waals surface area (Å²) in [5.74, 6) is 0.490. The third-order valence-electron chi connectivity index (χ3n) is 5.51. The van der Waals surface area contributed by atoms with Crippen molar-refractivity contribution in [3.8, 4) is 11.1 Å². The lowest BCUT2D eigenvalue weighted by Gasteiger charge is -2.32. The first kappa shape index (κ1) is 19.8. The first-order valence-corrected chi connectivity index (χ1v) is 9.93. The molecule has 1 aliphatic rings. The zero-order chi connectivity index (χ0) is 21.3. The van der Waals surface area contributed by atoms with Crippen molar-refractivity contribution in [2.24, 2.45) is 7.05 Å². The summed E-state index contributed by atoms with van der Waals surface area (Å²) in [5.41, 5.74) is 9.88. The lowest BCUT2D eigenvalue weighted by atomic mass is 9.91. The minimum atomic E-state index is -0.127. The molecule has 4 heterocycles. The maximum atomic E-state index is 12.8. The molecule has 0 saturated carbocycles. The molecule has 8 heteroatoms. The summed E-state index contributed by atoms with van der Waals surface area (Å²) in [4.78, 5) is 39.1. The molecule has 0 atom stereocenters.